The van der Waals surface area contributed by atoms with Gasteiger partial charge in [-0.15, -0.1) is 11.6 Å². The molecule has 0 saturated carbocycles. The lowest BCUT2D eigenvalue weighted by molar-refractivity contribution is -0.138. The normalized spacial score (nSPS) is 12.7. The van der Waals surface area contributed by atoms with Gasteiger partial charge in [-0.1, -0.05) is 36.0 Å². The number of H-pyrrole nitrogens is 1. The summed E-state index contributed by atoms with van der Waals surface area (Å²) in [4.78, 5) is 51.9. The van der Waals surface area contributed by atoms with Crippen LogP contribution in [0.25, 0.3) is 0 Å². The zero-order valence-electron chi connectivity index (χ0n) is 25.0. The van der Waals surface area contributed by atoms with Gasteiger partial charge in [-0.05, 0) is 86.1 Å². The number of nitrogens with one attached hydrogen (secondary N) is 1. The van der Waals surface area contributed by atoms with Crippen LogP contribution in [0.4, 0.5) is 8.78 Å². The van der Waals surface area contributed by atoms with Crippen molar-refractivity contribution in [2.24, 2.45) is 0 Å². The number of thioether (sulfide) groups is 1. The first kappa shape index (κ1) is 35.7. The number of carboxylic acids is 2. The molecule has 0 unspecified atom stereocenters. The van der Waals surface area contributed by atoms with E-state index < -0.39 is 11.9 Å². The van der Waals surface area contributed by atoms with E-state index in [2.05, 4.69) is 9.97 Å². The second-order valence-corrected chi connectivity index (χ2v) is 12.2. The quantitative estimate of drug-likeness (QED) is 0.0963. The van der Waals surface area contributed by atoms with Crippen LogP contribution < -0.4 is 11.1 Å². The topological polar surface area (TPSA) is 147 Å². The van der Waals surface area contributed by atoms with Gasteiger partial charge in [-0.25, -0.2) is 8.78 Å². The molecule has 2 aromatic carbocycles. The van der Waals surface area contributed by atoms with Gasteiger partial charge >= 0.3 is 11.9 Å². The van der Waals surface area contributed by atoms with Crippen LogP contribution in [0, 0.1) is 16.4 Å². The second-order valence-electron chi connectivity index (χ2n) is 10.7. The number of aromatic amines is 1. The highest BCUT2D eigenvalue weighted by molar-refractivity contribution is 7.98. The molecule has 2 aliphatic rings. The first-order chi connectivity index (χ1) is 22.5. The second kappa shape index (κ2) is 16.6. The monoisotopic (exact) mass is 704 g/mol. The molecule has 248 valence electrons. The highest BCUT2D eigenvalue weighted by Gasteiger charge is 2.23. The predicted octanol–water partition coefficient (Wildman–Crippen LogP) is 5.29. The van der Waals surface area contributed by atoms with Gasteiger partial charge in [0.25, 0.3) is 11.1 Å². The van der Waals surface area contributed by atoms with Crippen LogP contribution >= 0.6 is 35.6 Å². The van der Waals surface area contributed by atoms with Crippen molar-refractivity contribution in [3.05, 3.63) is 119 Å². The van der Waals surface area contributed by atoms with E-state index in [1.54, 1.807) is 28.8 Å². The van der Waals surface area contributed by atoms with E-state index in [-0.39, 0.29) is 40.6 Å². The number of hydrogen-bond acceptors (Lipinski definition) is 7. The summed E-state index contributed by atoms with van der Waals surface area (Å²) in [7, 11) is 0. The van der Waals surface area contributed by atoms with Gasteiger partial charge in [0.05, 0.1) is 0 Å². The van der Waals surface area contributed by atoms with Gasteiger partial charge in [-0.3, -0.25) is 24.2 Å². The molecule has 10 nitrogen and oxygen atoms in total. The van der Waals surface area contributed by atoms with E-state index in [1.165, 1.54) is 40.6 Å². The lowest BCUT2D eigenvalue weighted by Crippen LogP contribution is -2.24. The van der Waals surface area contributed by atoms with Gasteiger partial charge in [0.2, 0.25) is 0 Å². The molecule has 0 aliphatic heterocycles. The number of aliphatic carboxylic acids is 2. The summed E-state index contributed by atoms with van der Waals surface area (Å²) in [5.41, 5.74) is 4.28. The van der Waals surface area contributed by atoms with Crippen LogP contribution in [0.2, 0.25) is 0 Å². The minimum absolute atomic E-state index is 0.172. The zero-order valence-corrected chi connectivity index (χ0v) is 27.4. The number of rotatable bonds is 8. The maximum absolute atomic E-state index is 12.9. The van der Waals surface area contributed by atoms with E-state index in [4.69, 9.17) is 34.0 Å². The summed E-state index contributed by atoms with van der Waals surface area (Å²) >= 11 is 11.7. The number of fused-ring (bicyclic) bond motifs is 2. The van der Waals surface area contributed by atoms with Crippen molar-refractivity contribution in [3.63, 3.8) is 0 Å². The van der Waals surface area contributed by atoms with Gasteiger partial charge < -0.3 is 19.3 Å². The maximum Gasteiger partial charge on any atom is 0.323 e. The molecule has 2 heterocycles. The van der Waals surface area contributed by atoms with E-state index in [9.17, 15) is 28.0 Å². The number of aromatic nitrogens is 4. The van der Waals surface area contributed by atoms with E-state index in [1.807, 2.05) is 0 Å². The molecule has 0 fully saturated rings. The molecule has 0 bridgehead atoms. The maximum atomic E-state index is 12.9. The summed E-state index contributed by atoms with van der Waals surface area (Å²) in [6.07, 6.45) is 4.53. The summed E-state index contributed by atoms with van der Waals surface area (Å²) in [6, 6.07) is 12.2. The number of hydrogen-bond donors (Lipinski definition) is 3. The van der Waals surface area contributed by atoms with Crippen molar-refractivity contribution in [1.29, 1.82) is 0 Å². The summed E-state index contributed by atoms with van der Waals surface area (Å²) in [5.74, 6) is -1.51. The average molecular weight is 705 g/mol. The molecule has 3 N–H and O–H groups in total. The van der Waals surface area contributed by atoms with Crippen LogP contribution in [0.15, 0.2) is 63.3 Å². The molecule has 15 heteroatoms. The Morgan fingerprint density at radius 1 is 0.830 bits per heavy atom. The van der Waals surface area contributed by atoms with Crippen molar-refractivity contribution in [2.45, 2.75) is 68.4 Å². The molecule has 6 rings (SSSR count). The van der Waals surface area contributed by atoms with Crippen molar-refractivity contribution in [2.75, 3.05) is 0 Å². The van der Waals surface area contributed by atoms with Crippen molar-refractivity contribution >= 4 is 47.5 Å². The highest BCUT2D eigenvalue weighted by Crippen LogP contribution is 2.26. The lowest BCUT2D eigenvalue weighted by Gasteiger charge is -2.15. The Kier molecular flexibility index (Phi) is 12.6. The Balaban J connectivity index is 0.000000178. The Labute approximate surface area is 282 Å². The number of carbonyl (C=O) groups is 2. The van der Waals surface area contributed by atoms with Crippen LogP contribution in [0.1, 0.15) is 46.5 Å². The summed E-state index contributed by atoms with van der Waals surface area (Å²) in [5, 5.41) is 18.3. The van der Waals surface area contributed by atoms with Crippen LogP contribution in [0.5, 0.6) is 0 Å². The van der Waals surface area contributed by atoms with Crippen molar-refractivity contribution < 1.29 is 28.6 Å². The van der Waals surface area contributed by atoms with Crippen molar-refractivity contribution in [3.8, 4) is 0 Å². The fraction of sp³-hybridized carbons (Fsp3) is 0.312. The largest absolute Gasteiger partial charge is 0.480 e. The molecule has 0 atom stereocenters. The minimum atomic E-state index is -0.965. The van der Waals surface area contributed by atoms with Crippen LogP contribution in [-0.2, 0) is 60.0 Å². The fourth-order valence-electron chi connectivity index (χ4n) is 5.23. The number of benzene rings is 2. The molecule has 0 amide bonds. The summed E-state index contributed by atoms with van der Waals surface area (Å²) < 4.78 is 28.4. The van der Waals surface area contributed by atoms with Gasteiger partial charge in [0, 0.05) is 34.1 Å². The molecule has 0 saturated heterocycles. The third kappa shape index (κ3) is 9.69. The molecule has 0 radical (unpaired) electrons. The number of halogens is 3. The van der Waals surface area contributed by atoms with Crippen molar-refractivity contribution in [1.82, 2.24) is 19.1 Å². The average Bonchev–Trinajstić information content (AvgIpc) is 3.73. The molecule has 47 heavy (non-hydrogen) atoms. The van der Waals surface area contributed by atoms with Gasteiger partial charge in [0.15, 0.2) is 9.93 Å². The molecular weight excluding hydrogens is 674 g/mol. The third-order valence-corrected chi connectivity index (χ3v) is 9.07. The molecular formula is C32H31ClF2N4O6S2. The van der Waals surface area contributed by atoms with Crippen LogP contribution in [0.3, 0.4) is 0 Å². The fourth-order valence-corrected chi connectivity index (χ4v) is 6.64. The third-order valence-electron chi connectivity index (χ3n) is 7.39. The van der Waals surface area contributed by atoms with Gasteiger partial charge in [0.1, 0.15) is 24.7 Å². The molecule has 2 aromatic heterocycles. The predicted molar refractivity (Wildman–Crippen MR) is 176 cm³/mol. The smallest absolute Gasteiger partial charge is 0.323 e. The molecule has 0 spiro atoms. The molecule has 2 aliphatic carbocycles. The first-order valence-electron chi connectivity index (χ1n) is 14.6. The first-order valence-corrected chi connectivity index (χ1v) is 16.5. The number of alkyl halides is 1. The zero-order chi connectivity index (χ0) is 34.1. The lowest BCUT2D eigenvalue weighted by atomic mass is 10.2. The van der Waals surface area contributed by atoms with Gasteiger partial charge in [-0.2, -0.15) is 4.98 Å². The number of nitrogens with zero attached hydrogens (tertiary/aromatic N) is 3. The number of carboxylic acid groups (broad SMARTS) is 2. The standard InChI is InChI=1S/C16H15FN2O3S.C9H10N2O3S.C7H6ClF/c17-11-6-4-10(5-7-11)9-23-16-18-15(22)12-2-1-3-13(12)19(16)8-14(20)21;12-7(13)4-11-6-3-1-2-5(6)8(14)10-9(11)15;8-5-6-1-3-7(9)4-2-6/h4-7H,1-3,8-9H2,(H,20,21);1-4H2,(H,12,13)(H,10,14,15);1-4H,5H2. The Morgan fingerprint density at radius 3 is 1.89 bits per heavy atom. The highest BCUT2D eigenvalue weighted by atomic mass is 35.5. The van der Waals surface area contributed by atoms with E-state index >= 15 is 0 Å². The SMILES string of the molecule is Fc1ccc(CCl)cc1.O=C(O)Cn1c(SCc2ccc(F)cc2)nc(=O)c2c1CCC2.O=C(O)Cn1c2c(c(=O)[nH]c1=S)CCC2. The van der Waals surface area contributed by atoms with E-state index in [0.717, 1.165) is 41.8 Å². The Hall–Kier alpha value is -4.14. The molecule has 4 aromatic rings. The minimum Gasteiger partial charge on any atom is -0.480 e. The summed E-state index contributed by atoms with van der Waals surface area (Å²) in [6.45, 7) is -0.390. The van der Waals surface area contributed by atoms with E-state index in [0.29, 0.717) is 47.2 Å². The Bertz CT molecular complexity index is 1930. The Morgan fingerprint density at radius 2 is 1.34 bits per heavy atom. The van der Waals surface area contributed by atoms with Crippen LogP contribution in [-0.4, -0.2) is 41.3 Å².